The quantitative estimate of drug-likeness (QED) is 0.0502. The van der Waals surface area contributed by atoms with Gasteiger partial charge in [-0.1, -0.05) is 114 Å². The summed E-state index contributed by atoms with van der Waals surface area (Å²) in [6.45, 7) is 13.4. The minimum atomic E-state index is 0. The van der Waals surface area contributed by atoms with E-state index in [0.717, 1.165) is 48.5 Å². The average molecular weight is 739 g/mol. The minimum absolute atomic E-state index is 0. The first kappa shape index (κ1) is 40.4. The second-order valence-corrected chi connectivity index (χ2v) is 12.0. The van der Waals surface area contributed by atoms with Gasteiger partial charge in [0.05, 0.1) is 22.8 Å². The Morgan fingerprint density at radius 2 is 1.23 bits per heavy atom. The van der Waals surface area contributed by atoms with Crippen LogP contribution < -0.4 is 0 Å². The molecule has 2 nitrogen and oxygen atoms in total. The zero-order chi connectivity index (χ0) is 33.3. The molecule has 0 fully saturated rings. The summed E-state index contributed by atoms with van der Waals surface area (Å²) in [4.78, 5) is 10.5. The summed E-state index contributed by atoms with van der Waals surface area (Å²) in [6.07, 6.45) is 11.4. The summed E-state index contributed by atoms with van der Waals surface area (Å²) >= 11 is 6.25. The molecule has 0 unspecified atom stereocenters. The summed E-state index contributed by atoms with van der Waals surface area (Å²) < 4.78 is 0. The Kier molecular flexibility index (Phi) is 18.8. The maximum atomic E-state index is 5.24. The Bertz CT molecular complexity index is 1560. The molecule has 0 atom stereocenters. The number of nitrogens with zero attached hydrogens (tertiary/aromatic N) is 2. The van der Waals surface area contributed by atoms with Crippen LogP contribution >= 0.6 is 14.2 Å². The predicted octanol–water partition coefficient (Wildman–Crippen LogP) is 13.9. The van der Waals surface area contributed by atoms with Gasteiger partial charge in [-0.2, -0.15) is 0 Å². The van der Waals surface area contributed by atoms with Gasteiger partial charge < -0.3 is 7.43 Å². The SMILES string of the molecule is CCCCCCc1cc(N=C(C)C(CC)=Nc2cc(C)c(-c3ccccc3)c(CCCC)c2)cc(-c2ccccc2)c1CC.[CH3-].[Ni][Br]. The van der Waals surface area contributed by atoms with Gasteiger partial charge >= 0.3 is 27.9 Å². The van der Waals surface area contributed by atoms with E-state index in [9.17, 15) is 0 Å². The van der Waals surface area contributed by atoms with Crippen molar-refractivity contribution in [2.24, 2.45) is 9.98 Å². The van der Waals surface area contributed by atoms with Crippen molar-refractivity contribution in [3.8, 4) is 22.3 Å². The maximum absolute atomic E-state index is 5.24. The van der Waals surface area contributed by atoms with Gasteiger partial charge in [-0.3, -0.25) is 9.98 Å². The van der Waals surface area contributed by atoms with Crippen molar-refractivity contribution in [2.45, 2.75) is 106 Å². The van der Waals surface area contributed by atoms with Gasteiger partial charge in [-0.05, 0) is 121 Å². The Hall–Kier alpha value is -2.81. The fourth-order valence-electron chi connectivity index (χ4n) is 6.35. The van der Waals surface area contributed by atoms with Crippen molar-refractivity contribution >= 4 is 37.0 Å². The molecule has 4 rings (SSSR count). The molecule has 0 aliphatic carbocycles. The Labute approximate surface area is 301 Å². The van der Waals surface area contributed by atoms with E-state index in [4.69, 9.17) is 9.98 Å². The van der Waals surface area contributed by atoms with Crippen molar-refractivity contribution in [1.82, 2.24) is 0 Å². The monoisotopic (exact) mass is 736 g/mol. The van der Waals surface area contributed by atoms with Crippen LogP contribution in [0.2, 0.25) is 0 Å². The summed E-state index contributed by atoms with van der Waals surface area (Å²) in [6, 6.07) is 30.8. The first-order valence-corrected chi connectivity index (χ1v) is 19.6. The number of hydrogen-bond donors (Lipinski definition) is 0. The second-order valence-electron chi connectivity index (χ2n) is 12.0. The van der Waals surface area contributed by atoms with Gasteiger partial charge in [0.1, 0.15) is 0 Å². The van der Waals surface area contributed by atoms with Crippen LogP contribution in [-0.4, -0.2) is 11.4 Å². The van der Waals surface area contributed by atoms with E-state index in [1.165, 1.54) is 83.0 Å². The molecule has 0 spiro atoms. The van der Waals surface area contributed by atoms with E-state index >= 15 is 0 Å². The molecule has 4 aromatic rings. The van der Waals surface area contributed by atoms with Gasteiger partial charge in [0.2, 0.25) is 0 Å². The van der Waals surface area contributed by atoms with E-state index in [0.29, 0.717) is 0 Å². The fourth-order valence-corrected chi connectivity index (χ4v) is 6.35. The standard InChI is InChI=1S/C42H52N2.CH3.BrH.Ni/c1-7-11-13-16-26-35-28-38(30-40(39(35)9-3)33-22-17-14-18-23-33)43-32(6)41(10-4)44-37-27-31(5)42(34-24-19-15-20-25-34)36(29-37)21-12-8-2;;;/h14-15,17-20,22-25,27-30H,7-13,16,21,26H2,1-6H3;1H3;1H;/q;-1;;+1/p-1. The van der Waals surface area contributed by atoms with E-state index in [1.54, 1.807) is 0 Å². The van der Waals surface area contributed by atoms with Gasteiger partial charge in [-0.15, -0.1) is 0 Å². The van der Waals surface area contributed by atoms with Crippen LogP contribution in [0.4, 0.5) is 11.4 Å². The van der Waals surface area contributed by atoms with Crippen LogP contribution in [0.3, 0.4) is 0 Å². The van der Waals surface area contributed by atoms with E-state index in [-0.39, 0.29) is 7.43 Å². The number of benzene rings is 4. The van der Waals surface area contributed by atoms with E-state index in [1.807, 2.05) is 0 Å². The molecule has 0 saturated carbocycles. The van der Waals surface area contributed by atoms with Gasteiger partial charge in [-0.25, -0.2) is 0 Å². The van der Waals surface area contributed by atoms with Crippen LogP contribution in [0.15, 0.2) is 94.9 Å². The zero-order valence-corrected chi connectivity index (χ0v) is 32.3. The summed E-state index contributed by atoms with van der Waals surface area (Å²) in [5.41, 5.74) is 14.9. The third kappa shape index (κ3) is 11.7. The molecule has 255 valence electrons. The number of rotatable bonds is 15. The second kappa shape index (κ2) is 21.9. The first-order chi connectivity index (χ1) is 22.5. The van der Waals surface area contributed by atoms with Crippen molar-refractivity contribution in [3.05, 3.63) is 115 Å². The molecule has 0 bridgehead atoms. The van der Waals surface area contributed by atoms with Crippen LogP contribution in [0.5, 0.6) is 0 Å². The molecular weight excluding hydrogens is 683 g/mol. The van der Waals surface area contributed by atoms with Crippen LogP contribution in [0, 0.1) is 14.4 Å². The fraction of sp³-hybridized carbons (Fsp3) is 0.372. The molecule has 4 aromatic carbocycles. The summed E-state index contributed by atoms with van der Waals surface area (Å²) in [5, 5.41) is 0. The Morgan fingerprint density at radius 1 is 0.660 bits per heavy atom. The molecule has 0 aliphatic rings. The van der Waals surface area contributed by atoms with Crippen LogP contribution in [-0.2, 0) is 33.0 Å². The Morgan fingerprint density at radius 3 is 1.83 bits per heavy atom. The molecule has 0 aromatic heterocycles. The molecule has 0 N–H and O–H groups in total. The molecule has 0 aliphatic heterocycles. The van der Waals surface area contributed by atoms with Crippen molar-refractivity contribution < 1.29 is 13.7 Å². The normalized spacial score (nSPS) is 11.5. The molecular formula is C43H55BrN2Ni-. The van der Waals surface area contributed by atoms with Gasteiger partial charge in [0.25, 0.3) is 0 Å². The van der Waals surface area contributed by atoms with E-state index in [2.05, 4.69) is 154 Å². The topological polar surface area (TPSA) is 24.7 Å². The van der Waals surface area contributed by atoms with Gasteiger partial charge in [0, 0.05) is 0 Å². The molecule has 4 heteroatoms. The molecule has 0 saturated heterocycles. The third-order valence-corrected chi connectivity index (χ3v) is 8.64. The van der Waals surface area contributed by atoms with Crippen molar-refractivity contribution in [1.29, 1.82) is 0 Å². The summed E-state index contributed by atoms with van der Waals surface area (Å²) in [5.74, 6) is 0. The number of hydrogen-bond acceptors (Lipinski definition) is 2. The number of aryl methyl sites for hydroxylation is 3. The van der Waals surface area contributed by atoms with E-state index < -0.39 is 0 Å². The molecule has 0 heterocycles. The average Bonchev–Trinajstić information content (AvgIpc) is 3.09. The predicted molar refractivity (Wildman–Crippen MR) is 210 cm³/mol. The van der Waals surface area contributed by atoms with Crippen molar-refractivity contribution in [2.75, 3.05) is 0 Å². The summed E-state index contributed by atoms with van der Waals surface area (Å²) in [7, 11) is 0. The molecule has 0 amide bonds. The third-order valence-electron chi connectivity index (χ3n) is 8.64. The van der Waals surface area contributed by atoms with Gasteiger partial charge in [0.15, 0.2) is 0 Å². The van der Waals surface area contributed by atoms with Crippen LogP contribution in [0.1, 0.15) is 102 Å². The van der Waals surface area contributed by atoms with Crippen LogP contribution in [0.25, 0.3) is 22.3 Å². The first-order valence-electron chi connectivity index (χ1n) is 17.1. The van der Waals surface area contributed by atoms with Crippen molar-refractivity contribution in [3.63, 3.8) is 0 Å². The molecule has 0 radical (unpaired) electrons. The zero-order valence-electron chi connectivity index (χ0n) is 29.7. The number of halogens is 1. The molecule has 47 heavy (non-hydrogen) atoms. The number of unbranched alkanes of at least 4 members (excludes halogenated alkanes) is 4. The number of aliphatic imine (C=N–C) groups is 2. The Balaban J connectivity index is 0.00000251.